The van der Waals surface area contributed by atoms with E-state index in [4.69, 9.17) is 10.8 Å². The third-order valence-corrected chi connectivity index (χ3v) is 3.71. The van der Waals surface area contributed by atoms with Crippen molar-refractivity contribution >= 4 is 17.7 Å². The first-order valence-corrected chi connectivity index (χ1v) is 6.47. The van der Waals surface area contributed by atoms with Gasteiger partial charge in [0.1, 0.15) is 5.54 Å². The smallest absolute Gasteiger partial charge is 0.323 e. The highest BCUT2D eigenvalue weighted by Gasteiger charge is 2.26. The number of aromatic nitrogens is 2. The summed E-state index contributed by atoms with van der Waals surface area (Å²) in [6.45, 7) is 3.50. The highest BCUT2D eigenvalue weighted by molar-refractivity contribution is 7.99. The van der Waals surface area contributed by atoms with Gasteiger partial charge < -0.3 is 10.8 Å². The Hall–Kier alpha value is -1.01. The lowest BCUT2D eigenvalue weighted by Gasteiger charge is -2.18. The average Bonchev–Trinajstić information content (AvgIpc) is 2.52. The first-order valence-electron chi connectivity index (χ1n) is 5.48. The molecule has 3 N–H and O–H groups in total. The summed E-state index contributed by atoms with van der Waals surface area (Å²) in [5.74, 6) is -0.0992. The van der Waals surface area contributed by atoms with Crippen LogP contribution in [0.1, 0.15) is 25.5 Å². The van der Waals surface area contributed by atoms with Crippen LogP contribution in [0.25, 0.3) is 0 Å². The van der Waals surface area contributed by atoms with Crippen LogP contribution in [-0.4, -0.2) is 32.1 Å². The number of carboxylic acids is 1. The number of aliphatic carboxylic acids is 1. The van der Waals surface area contributed by atoms with Gasteiger partial charge in [-0.15, -0.1) is 11.8 Å². The molecule has 0 saturated heterocycles. The zero-order chi connectivity index (χ0) is 13.1. The number of aryl methyl sites for hydroxylation is 2. The third-order valence-electron chi connectivity index (χ3n) is 2.54. The maximum Gasteiger partial charge on any atom is 0.323 e. The van der Waals surface area contributed by atoms with Crippen molar-refractivity contribution in [3.05, 3.63) is 11.8 Å². The second-order valence-electron chi connectivity index (χ2n) is 4.42. The molecule has 1 rings (SSSR count). The molecule has 17 heavy (non-hydrogen) atoms. The lowest BCUT2D eigenvalue weighted by molar-refractivity contribution is -0.142. The van der Waals surface area contributed by atoms with Gasteiger partial charge in [0, 0.05) is 7.05 Å². The molecule has 1 aromatic heterocycles. The second kappa shape index (κ2) is 5.55. The molecule has 1 unspecified atom stereocenters. The van der Waals surface area contributed by atoms with Gasteiger partial charge in [-0.1, -0.05) is 0 Å². The largest absolute Gasteiger partial charge is 0.480 e. The zero-order valence-corrected chi connectivity index (χ0v) is 11.3. The molecular weight excluding hydrogens is 238 g/mol. The predicted molar refractivity (Wildman–Crippen MR) is 68.1 cm³/mol. The molecule has 0 spiro atoms. The summed E-state index contributed by atoms with van der Waals surface area (Å²) in [7, 11) is 1.90. The number of nitrogens with zero attached hydrogens (tertiary/aromatic N) is 2. The summed E-state index contributed by atoms with van der Waals surface area (Å²) in [5, 5.41) is 14.2. The average molecular weight is 257 g/mol. The zero-order valence-electron chi connectivity index (χ0n) is 10.4. The van der Waals surface area contributed by atoms with Crippen molar-refractivity contribution in [2.45, 2.75) is 37.3 Å². The van der Waals surface area contributed by atoms with Crippen LogP contribution in [0.5, 0.6) is 0 Å². The van der Waals surface area contributed by atoms with Gasteiger partial charge in [-0.25, -0.2) is 0 Å². The van der Waals surface area contributed by atoms with Crippen LogP contribution in [0, 0.1) is 6.92 Å². The molecule has 96 valence electrons. The van der Waals surface area contributed by atoms with Crippen LogP contribution < -0.4 is 5.73 Å². The normalized spacial score (nSPS) is 14.6. The molecule has 5 nitrogen and oxygen atoms in total. The Morgan fingerprint density at radius 3 is 2.82 bits per heavy atom. The molecule has 6 heteroatoms. The molecule has 1 heterocycles. The number of thioether (sulfide) groups is 1. The van der Waals surface area contributed by atoms with Gasteiger partial charge in [-0.3, -0.25) is 9.48 Å². The predicted octanol–water partition coefficient (Wildman–Crippen LogP) is 1.40. The standard InChI is InChI=1S/C11H19N3O2S/c1-8-7-9(14(3)13-8)17-6-4-5-11(2,12)10(15)16/h7H,4-6,12H2,1-3H3,(H,15,16). The molecule has 0 amide bonds. The number of nitrogens with two attached hydrogens (primary N) is 1. The van der Waals surface area contributed by atoms with E-state index in [1.165, 1.54) is 0 Å². The first-order chi connectivity index (χ1) is 7.83. The van der Waals surface area contributed by atoms with E-state index in [0.29, 0.717) is 6.42 Å². The SMILES string of the molecule is Cc1cc(SCCCC(C)(N)C(=O)O)n(C)n1. The summed E-state index contributed by atoms with van der Waals surface area (Å²) < 4.78 is 1.83. The number of rotatable bonds is 6. The summed E-state index contributed by atoms with van der Waals surface area (Å²) in [4.78, 5) is 10.8. The fraction of sp³-hybridized carbons (Fsp3) is 0.636. The molecule has 0 aliphatic rings. The van der Waals surface area contributed by atoms with E-state index in [2.05, 4.69) is 5.10 Å². The van der Waals surface area contributed by atoms with Crippen LogP contribution in [-0.2, 0) is 11.8 Å². The lowest BCUT2D eigenvalue weighted by Crippen LogP contribution is -2.44. The molecule has 0 bridgehead atoms. The van der Waals surface area contributed by atoms with Gasteiger partial charge in [-0.2, -0.15) is 5.10 Å². The summed E-state index contributed by atoms with van der Waals surface area (Å²) in [5.41, 5.74) is 5.51. The van der Waals surface area contributed by atoms with Crippen LogP contribution >= 0.6 is 11.8 Å². The summed E-state index contributed by atoms with van der Waals surface area (Å²) in [6, 6.07) is 2.02. The van der Waals surface area contributed by atoms with Crippen molar-refractivity contribution in [3.63, 3.8) is 0 Å². The van der Waals surface area contributed by atoms with E-state index in [9.17, 15) is 4.79 Å². The Kier molecular flexibility index (Phi) is 4.59. The monoisotopic (exact) mass is 257 g/mol. The summed E-state index contributed by atoms with van der Waals surface area (Å²) >= 11 is 1.67. The minimum absolute atomic E-state index is 0.478. The van der Waals surface area contributed by atoms with E-state index in [-0.39, 0.29) is 0 Å². The van der Waals surface area contributed by atoms with Gasteiger partial charge in [-0.05, 0) is 38.5 Å². The topological polar surface area (TPSA) is 81.1 Å². The lowest BCUT2D eigenvalue weighted by atomic mass is 9.98. The number of hydrogen-bond acceptors (Lipinski definition) is 4. The highest BCUT2D eigenvalue weighted by Crippen LogP contribution is 2.21. The molecule has 1 atom stereocenters. The summed E-state index contributed by atoms with van der Waals surface area (Å²) in [6.07, 6.45) is 1.25. The molecule has 0 saturated carbocycles. The van der Waals surface area contributed by atoms with Gasteiger partial charge in [0.15, 0.2) is 0 Å². The van der Waals surface area contributed by atoms with E-state index >= 15 is 0 Å². The van der Waals surface area contributed by atoms with Crippen LogP contribution in [0.3, 0.4) is 0 Å². The van der Waals surface area contributed by atoms with Crippen molar-refractivity contribution in [2.24, 2.45) is 12.8 Å². The molecular formula is C11H19N3O2S. The number of hydrogen-bond donors (Lipinski definition) is 2. The fourth-order valence-electron chi connectivity index (χ4n) is 1.45. The maximum absolute atomic E-state index is 10.8. The van der Waals surface area contributed by atoms with Gasteiger partial charge in [0.25, 0.3) is 0 Å². The van der Waals surface area contributed by atoms with Gasteiger partial charge in [0.05, 0.1) is 10.7 Å². The Morgan fingerprint density at radius 2 is 2.35 bits per heavy atom. The number of carbonyl (C=O) groups is 1. The van der Waals surface area contributed by atoms with Crippen LogP contribution in [0.15, 0.2) is 11.1 Å². The molecule has 0 aliphatic carbocycles. The highest BCUT2D eigenvalue weighted by atomic mass is 32.2. The van der Waals surface area contributed by atoms with Crippen molar-refractivity contribution in [2.75, 3.05) is 5.75 Å². The first kappa shape index (κ1) is 14.1. The fourth-order valence-corrected chi connectivity index (χ4v) is 2.42. The van der Waals surface area contributed by atoms with Crippen molar-refractivity contribution < 1.29 is 9.90 Å². The van der Waals surface area contributed by atoms with Crippen molar-refractivity contribution in [3.8, 4) is 0 Å². The molecule has 0 aliphatic heterocycles. The maximum atomic E-state index is 10.8. The second-order valence-corrected chi connectivity index (χ2v) is 5.54. The molecule has 1 aromatic rings. The van der Waals surface area contributed by atoms with Crippen LogP contribution in [0.2, 0.25) is 0 Å². The van der Waals surface area contributed by atoms with Crippen molar-refractivity contribution in [1.82, 2.24) is 9.78 Å². The quantitative estimate of drug-likeness (QED) is 0.595. The van der Waals surface area contributed by atoms with E-state index in [1.807, 2.05) is 24.7 Å². The Bertz CT molecular complexity index is 401. The molecule has 0 radical (unpaired) electrons. The number of carboxylic acid groups (broad SMARTS) is 1. The van der Waals surface area contributed by atoms with Gasteiger partial charge >= 0.3 is 5.97 Å². The van der Waals surface area contributed by atoms with E-state index in [1.54, 1.807) is 18.7 Å². The molecule has 0 aromatic carbocycles. The van der Waals surface area contributed by atoms with Crippen LogP contribution in [0.4, 0.5) is 0 Å². The van der Waals surface area contributed by atoms with Gasteiger partial charge in [0.2, 0.25) is 0 Å². The Morgan fingerprint density at radius 1 is 1.71 bits per heavy atom. The minimum Gasteiger partial charge on any atom is -0.480 e. The molecule has 0 fully saturated rings. The van der Waals surface area contributed by atoms with E-state index in [0.717, 1.165) is 22.9 Å². The van der Waals surface area contributed by atoms with Crippen molar-refractivity contribution in [1.29, 1.82) is 0 Å². The minimum atomic E-state index is -1.12. The van der Waals surface area contributed by atoms with E-state index < -0.39 is 11.5 Å². The Labute approximate surface area is 105 Å². The Balaban J connectivity index is 2.34. The third kappa shape index (κ3) is 4.05.